The Kier molecular flexibility index (Phi) is 5.43. The fourth-order valence-electron chi connectivity index (χ4n) is 5.15. The SMILES string of the molecule is Cc1nc(-c2ccc(C(F)(F)F)cc2)cc([C@H]2CN3CC[C@H]2C[C@@H]3CNC(=O)C2CC2)n1. The van der Waals surface area contributed by atoms with E-state index in [0.29, 0.717) is 35.6 Å². The minimum Gasteiger partial charge on any atom is -0.354 e. The first-order chi connectivity index (χ1) is 15.3. The number of piperidine rings is 3. The highest BCUT2D eigenvalue weighted by molar-refractivity contribution is 5.80. The standard InChI is InChI=1S/C24H27F3N4O/c1-14-29-21(15-4-6-18(7-5-15)24(25,26)27)11-22(30-14)20-13-31-9-8-17(20)10-19(31)12-28-23(32)16-2-3-16/h4-7,11,16-17,19-20H,2-3,8-10,12-13H2,1H3,(H,28,32)/t17-,19+,20-/m0/s1. The average Bonchev–Trinajstić information content (AvgIpc) is 3.62. The van der Waals surface area contributed by atoms with E-state index in [-0.39, 0.29) is 17.7 Å². The molecule has 1 saturated carbocycles. The molecule has 5 nitrogen and oxygen atoms in total. The number of benzene rings is 1. The summed E-state index contributed by atoms with van der Waals surface area (Å²) in [7, 11) is 0. The molecule has 1 amide bonds. The van der Waals surface area contributed by atoms with Crippen LogP contribution in [0.15, 0.2) is 30.3 Å². The van der Waals surface area contributed by atoms with E-state index in [1.165, 1.54) is 12.1 Å². The molecule has 2 aromatic rings. The normalized spacial score (nSPS) is 27.4. The van der Waals surface area contributed by atoms with Crippen LogP contribution in [0.5, 0.6) is 0 Å². The summed E-state index contributed by atoms with van der Waals surface area (Å²) in [6.45, 7) is 4.45. The van der Waals surface area contributed by atoms with Gasteiger partial charge >= 0.3 is 6.18 Å². The maximum atomic E-state index is 12.9. The number of carbonyl (C=O) groups excluding carboxylic acids is 1. The fourth-order valence-corrected chi connectivity index (χ4v) is 5.15. The Morgan fingerprint density at radius 2 is 1.91 bits per heavy atom. The number of fused-ring (bicyclic) bond motifs is 3. The van der Waals surface area contributed by atoms with Gasteiger partial charge in [0.2, 0.25) is 5.91 Å². The van der Waals surface area contributed by atoms with E-state index in [2.05, 4.69) is 15.2 Å². The van der Waals surface area contributed by atoms with Crippen molar-refractivity contribution in [1.29, 1.82) is 0 Å². The molecule has 4 heterocycles. The summed E-state index contributed by atoms with van der Waals surface area (Å²) in [4.78, 5) is 23.7. The minimum absolute atomic E-state index is 0.191. The van der Waals surface area contributed by atoms with Crippen LogP contribution >= 0.6 is 0 Å². The molecule has 0 radical (unpaired) electrons. The van der Waals surface area contributed by atoms with Crippen molar-refractivity contribution in [1.82, 2.24) is 20.2 Å². The summed E-state index contributed by atoms with van der Waals surface area (Å²) < 4.78 is 38.7. The van der Waals surface area contributed by atoms with Crippen molar-refractivity contribution >= 4 is 5.91 Å². The molecule has 1 aromatic carbocycles. The van der Waals surface area contributed by atoms with E-state index < -0.39 is 11.7 Å². The van der Waals surface area contributed by atoms with Crippen molar-refractivity contribution in [2.24, 2.45) is 11.8 Å². The van der Waals surface area contributed by atoms with Crippen molar-refractivity contribution in [3.05, 3.63) is 47.4 Å². The second-order valence-corrected chi connectivity index (χ2v) is 9.36. The van der Waals surface area contributed by atoms with Crippen LogP contribution in [0.3, 0.4) is 0 Å². The van der Waals surface area contributed by atoms with Crippen LogP contribution in [-0.2, 0) is 11.0 Å². The van der Waals surface area contributed by atoms with Crippen LogP contribution in [-0.4, -0.2) is 46.5 Å². The molecule has 1 unspecified atom stereocenters. The zero-order valence-corrected chi connectivity index (χ0v) is 18.0. The first-order valence-electron chi connectivity index (χ1n) is 11.3. The van der Waals surface area contributed by atoms with E-state index in [9.17, 15) is 18.0 Å². The number of hydrogen-bond acceptors (Lipinski definition) is 4. The maximum absolute atomic E-state index is 12.9. The summed E-state index contributed by atoms with van der Waals surface area (Å²) in [6.07, 6.45) is -0.209. The number of aromatic nitrogens is 2. The predicted octanol–water partition coefficient (Wildman–Crippen LogP) is 4.17. The third kappa shape index (κ3) is 4.37. The smallest absolute Gasteiger partial charge is 0.354 e. The average molecular weight is 445 g/mol. The number of rotatable bonds is 5. The lowest BCUT2D eigenvalue weighted by atomic mass is 9.74. The van der Waals surface area contributed by atoms with Crippen LogP contribution in [0.25, 0.3) is 11.3 Å². The molecule has 1 N–H and O–H groups in total. The van der Waals surface area contributed by atoms with Crippen LogP contribution in [0.2, 0.25) is 0 Å². The van der Waals surface area contributed by atoms with Gasteiger partial charge in [-0.25, -0.2) is 9.97 Å². The zero-order chi connectivity index (χ0) is 22.5. The molecular weight excluding hydrogens is 417 g/mol. The summed E-state index contributed by atoms with van der Waals surface area (Å²) in [5.74, 6) is 1.80. The van der Waals surface area contributed by atoms with Crippen molar-refractivity contribution in [2.75, 3.05) is 19.6 Å². The number of nitrogens with one attached hydrogen (secondary N) is 1. The molecule has 170 valence electrons. The third-order valence-electron chi connectivity index (χ3n) is 7.08. The number of alkyl halides is 3. The molecule has 0 spiro atoms. The maximum Gasteiger partial charge on any atom is 0.416 e. The van der Waals surface area contributed by atoms with Crippen molar-refractivity contribution < 1.29 is 18.0 Å². The van der Waals surface area contributed by atoms with E-state index in [0.717, 1.165) is 56.6 Å². The lowest BCUT2D eigenvalue weighted by Crippen LogP contribution is -2.56. The molecule has 1 aliphatic carbocycles. The molecule has 2 bridgehead atoms. The quantitative estimate of drug-likeness (QED) is 0.752. The molecule has 32 heavy (non-hydrogen) atoms. The molecule has 4 aliphatic rings. The largest absolute Gasteiger partial charge is 0.416 e. The van der Waals surface area contributed by atoms with Gasteiger partial charge in [0, 0.05) is 42.2 Å². The van der Waals surface area contributed by atoms with E-state index in [1.54, 1.807) is 0 Å². The molecule has 3 saturated heterocycles. The first-order valence-corrected chi connectivity index (χ1v) is 11.3. The van der Waals surface area contributed by atoms with E-state index in [1.807, 2.05) is 13.0 Å². The second-order valence-electron chi connectivity index (χ2n) is 9.36. The van der Waals surface area contributed by atoms with Gasteiger partial charge in [0.1, 0.15) is 5.82 Å². The van der Waals surface area contributed by atoms with Gasteiger partial charge in [0.25, 0.3) is 0 Å². The molecule has 4 atom stereocenters. The summed E-state index contributed by atoms with van der Waals surface area (Å²) >= 11 is 0. The first kappa shape index (κ1) is 21.4. The lowest BCUT2D eigenvalue weighted by Gasteiger charge is -2.49. The van der Waals surface area contributed by atoms with Crippen LogP contribution < -0.4 is 5.32 Å². The predicted molar refractivity (Wildman–Crippen MR) is 114 cm³/mol. The second kappa shape index (κ2) is 8.14. The van der Waals surface area contributed by atoms with Gasteiger partial charge < -0.3 is 5.32 Å². The molecular formula is C24H27F3N4O. The third-order valence-corrected chi connectivity index (χ3v) is 7.08. The zero-order valence-electron chi connectivity index (χ0n) is 18.0. The number of aryl methyl sites for hydroxylation is 1. The summed E-state index contributed by atoms with van der Waals surface area (Å²) in [5, 5.41) is 3.12. The van der Waals surface area contributed by atoms with Gasteiger partial charge in [0.05, 0.1) is 11.3 Å². The monoisotopic (exact) mass is 444 g/mol. The van der Waals surface area contributed by atoms with Crippen molar-refractivity contribution in [3.8, 4) is 11.3 Å². The Balaban J connectivity index is 1.31. The van der Waals surface area contributed by atoms with Crippen LogP contribution in [0.4, 0.5) is 13.2 Å². The summed E-state index contributed by atoms with van der Waals surface area (Å²) in [6, 6.07) is 7.45. The number of nitrogens with zero attached hydrogens (tertiary/aromatic N) is 3. The Morgan fingerprint density at radius 1 is 1.16 bits per heavy atom. The van der Waals surface area contributed by atoms with Crippen LogP contribution in [0.1, 0.15) is 48.7 Å². The molecule has 3 aliphatic heterocycles. The Morgan fingerprint density at radius 3 is 2.53 bits per heavy atom. The van der Waals surface area contributed by atoms with Gasteiger partial charge in [0.15, 0.2) is 0 Å². The Labute approximate surface area is 185 Å². The highest BCUT2D eigenvalue weighted by Gasteiger charge is 2.42. The topological polar surface area (TPSA) is 58.1 Å². The van der Waals surface area contributed by atoms with E-state index in [4.69, 9.17) is 4.98 Å². The molecule has 1 aromatic heterocycles. The molecule has 8 heteroatoms. The highest BCUT2D eigenvalue weighted by atomic mass is 19.4. The van der Waals surface area contributed by atoms with Gasteiger partial charge in [-0.3, -0.25) is 9.69 Å². The van der Waals surface area contributed by atoms with Gasteiger partial charge in [-0.2, -0.15) is 13.2 Å². The molecule has 6 rings (SSSR count). The minimum atomic E-state index is -4.35. The van der Waals surface area contributed by atoms with Gasteiger partial charge in [-0.1, -0.05) is 12.1 Å². The Hall–Kier alpha value is -2.48. The number of halogens is 3. The lowest BCUT2D eigenvalue weighted by molar-refractivity contribution is -0.137. The van der Waals surface area contributed by atoms with Crippen molar-refractivity contribution in [3.63, 3.8) is 0 Å². The van der Waals surface area contributed by atoms with Gasteiger partial charge in [-0.15, -0.1) is 0 Å². The highest BCUT2D eigenvalue weighted by Crippen LogP contribution is 2.42. The number of amides is 1. The fraction of sp³-hybridized carbons (Fsp3) is 0.542. The van der Waals surface area contributed by atoms with Gasteiger partial charge in [-0.05, 0) is 63.3 Å². The number of hydrogen-bond donors (Lipinski definition) is 1. The summed E-state index contributed by atoms with van der Waals surface area (Å²) in [5.41, 5.74) is 1.62. The Bertz CT molecular complexity index is 1000. The van der Waals surface area contributed by atoms with Crippen molar-refractivity contribution in [2.45, 2.75) is 50.7 Å². The van der Waals surface area contributed by atoms with E-state index >= 15 is 0 Å². The van der Waals surface area contributed by atoms with Crippen LogP contribution in [0, 0.1) is 18.8 Å². The molecule has 4 fully saturated rings. The number of carbonyl (C=O) groups is 1.